The van der Waals surface area contributed by atoms with E-state index in [1.807, 2.05) is 50.2 Å². The molecule has 33 heavy (non-hydrogen) atoms. The third kappa shape index (κ3) is 5.05. The number of hydrogen-bond donors (Lipinski definition) is 2. The van der Waals surface area contributed by atoms with E-state index in [0.717, 1.165) is 11.1 Å². The van der Waals surface area contributed by atoms with Crippen molar-refractivity contribution < 1.29 is 14.3 Å². The second-order valence-electron chi connectivity index (χ2n) is 8.80. The number of carbonyl (C=O) groups excluding carboxylic acids is 2. The van der Waals surface area contributed by atoms with Crippen LogP contribution in [-0.2, 0) is 10.3 Å². The van der Waals surface area contributed by atoms with Gasteiger partial charge in [-0.2, -0.15) is 5.10 Å². The van der Waals surface area contributed by atoms with Crippen LogP contribution in [0.25, 0.3) is 11.3 Å². The fraction of sp³-hybridized carbons (Fsp3) is 0.360. The van der Waals surface area contributed by atoms with E-state index >= 15 is 0 Å². The Labute approximate surface area is 193 Å². The summed E-state index contributed by atoms with van der Waals surface area (Å²) in [4.78, 5) is 31.7. The molecule has 2 N–H and O–H groups in total. The first kappa shape index (κ1) is 22.5. The van der Waals surface area contributed by atoms with Crippen LogP contribution in [0.3, 0.4) is 0 Å². The maximum Gasteiger partial charge on any atom is 0.271 e. The van der Waals surface area contributed by atoms with E-state index in [1.165, 1.54) is 0 Å². The molecule has 1 aliphatic heterocycles. The molecular formula is C25H29N5O3. The molecule has 1 saturated heterocycles. The number of amides is 2. The Morgan fingerprint density at radius 3 is 2.55 bits per heavy atom. The number of H-pyrrole nitrogens is 1. The minimum atomic E-state index is -0.451. The summed E-state index contributed by atoms with van der Waals surface area (Å²) in [5.74, 6) is 0.294. The van der Waals surface area contributed by atoms with Gasteiger partial charge in [0.25, 0.3) is 5.91 Å². The zero-order valence-electron chi connectivity index (χ0n) is 19.2. The van der Waals surface area contributed by atoms with Crippen molar-refractivity contribution in [3.8, 4) is 17.1 Å². The highest BCUT2D eigenvalue weighted by Gasteiger charge is 2.31. The number of aromatic amines is 1. The lowest BCUT2D eigenvalue weighted by molar-refractivity contribution is -0.128. The number of likely N-dealkylation sites (tertiary alicyclic amines) is 1. The second kappa shape index (κ2) is 9.44. The lowest BCUT2D eigenvalue weighted by Crippen LogP contribution is -2.47. The third-order valence-electron chi connectivity index (χ3n) is 6.13. The first-order valence-electron chi connectivity index (χ1n) is 11.1. The van der Waals surface area contributed by atoms with Crippen LogP contribution in [0.15, 0.2) is 54.7 Å². The number of pyridine rings is 1. The Hall–Kier alpha value is -3.68. The molecule has 3 aromatic rings. The van der Waals surface area contributed by atoms with Crippen LogP contribution < -0.4 is 10.1 Å². The predicted molar refractivity (Wildman–Crippen MR) is 125 cm³/mol. The largest absolute Gasteiger partial charge is 0.481 e. The number of nitrogens with one attached hydrogen (secondary N) is 2. The van der Waals surface area contributed by atoms with E-state index in [1.54, 1.807) is 30.3 Å². The first-order valence-corrected chi connectivity index (χ1v) is 11.1. The van der Waals surface area contributed by atoms with Crippen LogP contribution in [0.2, 0.25) is 0 Å². The summed E-state index contributed by atoms with van der Waals surface area (Å²) in [7, 11) is 1.55. The molecule has 1 fully saturated rings. The average molecular weight is 448 g/mol. The summed E-state index contributed by atoms with van der Waals surface area (Å²) in [5.41, 5.74) is 2.50. The van der Waals surface area contributed by atoms with Crippen molar-refractivity contribution >= 4 is 11.8 Å². The van der Waals surface area contributed by atoms with E-state index in [0.29, 0.717) is 43.2 Å². The van der Waals surface area contributed by atoms with Gasteiger partial charge in [0, 0.05) is 36.8 Å². The number of rotatable bonds is 6. The number of benzene rings is 1. The molecule has 0 radical (unpaired) electrons. The number of methoxy groups -OCH3 is 1. The predicted octanol–water partition coefficient (Wildman–Crippen LogP) is 3.38. The minimum absolute atomic E-state index is 0.0337. The fourth-order valence-electron chi connectivity index (χ4n) is 4.11. The number of hydrogen-bond acceptors (Lipinski definition) is 5. The molecular weight excluding hydrogens is 418 g/mol. The van der Waals surface area contributed by atoms with Crippen molar-refractivity contribution in [2.24, 2.45) is 5.92 Å². The van der Waals surface area contributed by atoms with Crippen LogP contribution >= 0.6 is 0 Å². The summed E-state index contributed by atoms with van der Waals surface area (Å²) in [5, 5.41) is 10.3. The molecule has 1 aromatic carbocycles. The molecule has 172 valence electrons. The van der Waals surface area contributed by atoms with E-state index in [2.05, 4.69) is 20.5 Å². The van der Waals surface area contributed by atoms with Crippen molar-refractivity contribution in [3.63, 3.8) is 0 Å². The van der Waals surface area contributed by atoms with E-state index in [9.17, 15) is 9.59 Å². The molecule has 4 rings (SSSR count). The van der Waals surface area contributed by atoms with Gasteiger partial charge >= 0.3 is 0 Å². The van der Waals surface area contributed by atoms with Gasteiger partial charge in [-0.1, -0.05) is 30.3 Å². The normalized spacial score (nSPS) is 14.7. The van der Waals surface area contributed by atoms with Crippen molar-refractivity contribution in [1.82, 2.24) is 25.4 Å². The van der Waals surface area contributed by atoms with Gasteiger partial charge in [-0.05, 0) is 44.4 Å². The summed E-state index contributed by atoms with van der Waals surface area (Å²) in [6.45, 7) is 5.07. The van der Waals surface area contributed by atoms with Gasteiger partial charge in [-0.15, -0.1) is 0 Å². The molecule has 0 saturated carbocycles. The fourth-order valence-corrected chi connectivity index (χ4v) is 4.11. The Balaban J connectivity index is 1.35. The highest BCUT2D eigenvalue weighted by atomic mass is 16.5. The summed E-state index contributed by atoms with van der Waals surface area (Å²) in [6.07, 6.45) is 2.90. The van der Waals surface area contributed by atoms with E-state index in [-0.39, 0.29) is 17.7 Å². The van der Waals surface area contributed by atoms with Crippen LogP contribution in [0.5, 0.6) is 5.88 Å². The molecule has 3 heterocycles. The highest BCUT2D eigenvalue weighted by Crippen LogP contribution is 2.25. The topological polar surface area (TPSA) is 100 Å². The van der Waals surface area contributed by atoms with Gasteiger partial charge in [-0.3, -0.25) is 14.7 Å². The molecule has 0 unspecified atom stereocenters. The van der Waals surface area contributed by atoms with Gasteiger partial charge in [0.15, 0.2) is 0 Å². The van der Waals surface area contributed by atoms with Gasteiger partial charge in [-0.25, -0.2) is 4.98 Å². The van der Waals surface area contributed by atoms with Gasteiger partial charge < -0.3 is 15.0 Å². The minimum Gasteiger partial charge on any atom is -0.481 e. The monoisotopic (exact) mass is 447 g/mol. The van der Waals surface area contributed by atoms with Crippen molar-refractivity contribution in [2.75, 3.05) is 20.2 Å². The SMILES string of the molecule is COc1cc(-c2cc(C(=O)N3CCC(C(=O)NC(C)(C)c4ccccc4)CC3)[nH]n2)ccn1. The highest BCUT2D eigenvalue weighted by molar-refractivity contribution is 5.93. The van der Waals surface area contributed by atoms with Gasteiger partial charge in [0.2, 0.25) is 11.8 Å². The number of nitrogens with zero attached hydrogens (tertiary/aromatic N) is 3. The Morgan fingerprint density at radius 1 is 1.12 bits per heavy atom. The van der Waals surface area contributed by atoms with Crippen molar-refractivity contribution in [2.45, 2.75) is 32.2 Å². The van der Waals surface area contributed by atoms with E-state index < -0.39 is 5.54 Å². The Kier molecular flexibility index (Phi) is 6.44. The first-order chi connectivity index (χ1) is 15.9. The zero-order chi connectivity index (χ0) is 23.4. The van der Waals surface area contributed by atoms with Crippen LogP contribution in [0.4, 0.5) is 0 Å². The molecule has 8 nitrogen and oxygen atoms in total. The van der Waals surface area contributed by atoms with E-state index in [4.69, 9.17) is 4.74 Å². The summed E-state index contributed by atoms with van der Waals surface area (Å²) >= 11 is 0. The number of carbonyl (C=O) groups is 2. The second-order valence-corrected chi connectivity index (χ2v) is 8.80. The quantitative estimate of drug-likeness (QED) is 0.603. The standard InChI is InChI=1S/C25H29N5O3/c1-25(2,19-7-5-4-6-8-19)27-23(31)17-10-13-30(14-11-17)24(32)21-16-20(28-29-21)18-9-12-26-22(15-18)33-3/h4-9,12,15-17H,10-11,13-14H2,1-3H3,(H,27,31)(H,28,29). The van der Waals surface area contributed by atoms with Gasteiger partial charge in [0.05, 0.1) is 18.3 Å². The van der Waals surface area contributed by atoms with Crippen molar-refractivity contribution in [1.29, 1.82) is 0 Å². The van der Waals surface area contributed by atoms with Crippen LogP contribution in [0.1, 0.15) is 42.7 Å². The van der Waals surface area contributed by atoms with Gasteiger partial charge in [0.1, 0.15) is 5.69 Å². The smallest absolute Gasteiger partial charge is 0.271 e. The van der Waals surface area contributed by atoms with Crippen LogP contribution in [0, 0.1) is 5.92 Å². The summed E-state index contributed by atoms with van der Waals surface area (Å²) < 4.78 is 5.15. The lowest BCUT2D eigenvalue weighted by atomic mass is 9.90. The zero-order valence-corrected chi connectivity index (χ0v) is 19.2. The molecule has 0 atom stereocenters. The molecule has 2 amide bonds. The molecule has 2 aromatic heterocycles. The van der Waals surface area contributed by atoms with Crippen molar-refractivity contribution in [3.05, 3.63) is 66.0 Å². The van der Waals surface area contributed by atoms with Crippen LogP contribution in [-0.4, -0.2) is 52.1 Å². The maximum atomic E-state index is 13.0. The number of aromatic nitrogens is 3. The average Bonchev–Trinajstić information content (AvgIpc) is 3.34. The number of piperidine rings is 1. The lowest BCUT2D eigenvalue weighted by Gasteiger charge is -2.34. The third-order valence-corrected chi connectivity index (χ3v) is 6.13. The molecule has 0 spiro atoms. The Morgan fingerprint density at radius 2 is 1.85 bits per heavy atom. The maximum absolute atomic E-state index is 13.0. The number of ether oxygens (including phenoxy) is 1. The molecule has 1 aliphatic rings. The summed E-state index contributed by atoms with van der Waals surface area (Å²) in [6, 6.07) is 15.3. The Bertz CT molecular complexity index is 1120. The molecule has 0 bridgehead atoms. The molecule has 0 aliphatic carbocycles. The molecule has 8 heteroatoms.